The molecule has 2 aliphatic carbocycles. The van der Waals surface area contributed by atoms with Gasteiger partial charge >= 0.3 is 0 Å². The van der Waals surface area contributed by atoms with Crippen molar-refractivity contribution in [3.8, 4) is 0 Å². The molecule has 3 aromatic heterocycles. The molecule has 0 bridgehead atoms. The van der Waals surface area contributed by atoms with E-state index in [0.717, 1.165) is 41.6 Å². The fourth-order valence-corrected chi connectivity index (χ4v) is 6.90. The lowest BCUT2D eigenvalue weighted by Gasteiger charge is -2.24. The van der Waals surface area contributed by atoms with Crippen LogP contribution in [-0.4, -0.2) is 43.6 Å². The first-order chi connectivity index (χ1) is 18.4. The summed E-state index contributed by atoms with van der Waals surface area (Å²) in [5, 5.41) is 5.70. The average Bonchev–Trinajstić information content (AvgIpc) is 3.67. The van der Waals surface area contributed by atoms with E-state index in [0.29, 0.717) is 17.8 Å². The first-order valence-corrected chi connectivity index (χ1v) is 14.0. The van der Waals surface area contributed by atoms with Crippen LogP contribution in [0.1, 0.15) is 64.0 Å². The fourth-order valence-electron chi connectivity index (χ4n) is 6.90. The molecule has 3 aliphatic rings. The Morgan fingerprint density at radius 3 is 2.74 bits per heavy atom. The van der Waals surface area contributed by atoms with Gasteiger partial charge in [0.05, 0.1) is 23.0 Å². The van der Waals surface area contributed by atoms with Gasteiger partial charge in [-0.15, -0.1) is 0 Å². The van der Waals surface area contributed by atoms with Gasteiger partial charge in [-0.2, -0.15) is 0 Å². The molecule has 4 heterocycles. The zero-order chi connectivity index (χ0) is 25.9. The highest BCUT2D eigenvalue weighted by molar-refractivity contribution is 5.86. The molecule has 3 fully saturated rings. The second-order valence-corrected chi connectivity index (χ2v) is 11.7. The van der Waals surface area contributed by atoms with Crippen molar-refractivity contribution in [3.63, 3.8) is 0 Å². The molecule has 7 rings (SSSR count). The predicted molar refractivity (Wildman–Crippen MR) is 149 cm³/mol. The number of benzene rings is 1. The lowest BCUT2D eigenvalue weighted by Crippen LogP contribution is -2.27. The SMILES string of the molecule is CC1(C)O[C@@H]2[C@@H](CCc3ccc4ccc(NC5CCCC5)nc4c3)C[C@@H](n3ccc4c(N)ncnc43)[C@@H]2O1. The summed E-state index contributed by atoms with van der Waals surface area (Å²) < 4.78 is 15.2. The molecule has 2 saturated carbocycles. The Kier molecular flexibility index (Phi) is 5.78. The van der Waals surface area contributed by atoms with Crippen LogP contribution in [0.5, 0.6) is 0 Å². The number of nitrogens with two attached hydrogens (primary N) is 1. The van der Waals surface area contributed by atoms with Gasteiger partial charge in [0, 0.05) is 17.6 Å². The first-order valence-electron chi connectivity index (χ1n) is 14.0. The van der Waals surface area contributed by atoms with E-state index in [1.165, 1.54) is 43.0 Å². The summed E-state index contributed by atoms with van der Waals surface area (Å²) in [6.07, 6.45) is 11.7. The number of hydrogen-bond acceptors (Lipinski definition) is 7. The lowest BCUT2D eigenvalue weighted by atomic mass is 9.95. The lowest BCUT2D eigenvalue weighted by molar-refractivity contribution is -0.160. The smallest absolute Gasteiger partial charge is 0.163 e. The molecule has 8 heteroatoms. The van der Waals surface area contributed by atoms with Crippen LogP contribution < -0.4 is 11.1 Å². The molecular formula is C30H36N6O2. The summed E-state index contributed by atoms with van der Waals surface area (Å²) in [5.74, 6) is 1.28. The third-order valence-corrected chi connectivity index (χ3v) is 8.72. The van der Waals surface area contributed by atoms with Gasteiger partial charge in [0.15, 0.2) is 5.79 Å². The molecule has 1 aromatic carbocycles. The molecule has 0 radical (unpaired) electrons. The van der Waals surface area contributed by atoms with Gasteiger partial charge in [-0.1, -0.05) is 25.0 Å². The van der Waals surface area contributed by atoms with Gasteiger partial charge in [0.1, 0.15) is 29.7 Å². The molecule has 8 nitrogen and oxygen atoms in total. The normalized spacial score (nSPS) is 26.9. The summed E-state index contributed by atoms with van der Waals surface area (Å²) in [5.41, 5.74) is 9.35. The quantitative estimate of drug-likeness (QED) is 0.345. The van der Waals surface area contributed by atoms with Crippen molar-refractivity contribution < 1.29 is 9.47 Å². The molecule has 1 aliphatic heterocycles. The minimum Gasteiger partial charge on any atom is -0.383 e. The van der Waals surface area contributed by atoms with Crippen molar-refractivity contribution >= 4 is 33.6 Å². The second-order valence-electron chi connectivity index (χ2n) is 11.7. The van der Waals surface area contributed by atoms with E-state index in [4.69, 9.17) is 20.2 Å². The third kappa shape index (κ3) is 4.29. The molecule has 0 spiro atoms. The number of pyridine rings is 1. The minimum absolute atomic E-state index is 0.0238. The maximum absolute atomic E-state index is 6.47. The monoisotopic (exact) mass is 512 g/mol. The van der Waals surface area contributed by atoms with E-state index in [1.54, 1.807) is 0 Å². The maximum atomic E-state index is 6.47. The summed E-state index contributed by atoms with van der Waals surface area (Å²) in [6.45, 7) is 4.03. The van der Waals surface area contributed by atoms with Crippen LogP contribution in [0.2, 0.25) is 0 Å². The molecule has 198 valence electrons. The van der Waals surface area contributed by atoms with Gasteiger partial charge in [-0.05, 0) is 81.7 Å². The molecule has 38 heavy (non-hydrogen) atoms. The topological polar surface area (TPSA) is 100 Å². The number of nitrogens with one attached hydrogen (secondary N) is 1. The van der Waals surface area contributed by atoms with Crippen molar-refractivity contribution in [2.24, 2.45) is 5.92 Å². The van der Waals surface area contributed by atoms with Crippen LogP contribution in [0.15, 0.2) is 48.9 Å². The summed E-state index contributed by atoms with van der Waals surface area (Å²) in [4.78, 5) is 13.7. The van der Waals surface area contributed by atoms with Gasteiger partial charge in [0.2, 0.25) is 0 Å². The molecule has 0 amide bonds. The summed E-state index contributed by atoms with van der Waals surface area (Å²) in [7, 11) is 0. The van der Waals surface area contributed by atoms with Crippen molar-refractivity contribution in [2.75, 3.05) is 11.1 Å². The Balaban J connectivity index is 1.11. The van der Waals surface area contributed by atoms with Crippen LogP contribution in [0.25, 0.3) is 21.9 Å². The summed E-state index contributed by atoms with van der Waals surface area (Å²) in [6, 6.07) is 13.7. The number of nitrogens with zero attached hydrogens (tertiary/aromatic N) is 4. The standard InChI is InChI=1S/C30H36N6O2/c1-30(2)37-26-20(16-24(27(26)38-30)36-14-13-22-28(31)32-17-33-29(22)36)10-8-18-7-9-19-11-12-25(35-23(19)15-18)34-21-5-3-4-6-21/h7,9,11-15,17,20-21,24,26-27H,3-6,8,10,16H2,1-2H3,(H,34,35)(H2,31,32,33)/t20-,24+,26+,27-/m0/s1. The second kappa shape index (κ2) is 9.20. The summed E-state index contributed by atoms with van der Waals surface area (Å²) >= 11 is 0. The fraction of sp³-hybridized carbons (Fsp3) is 0.500. The Morgan fingerprint density at radius 1 is 1.05 bits per heavy atom. The molecule has 0 unspecified atom stereocenters. The highest BCUT2D eigenvalue weighted by Gasteiger charge is 2.54. The zero-order valence-electron chi connectivity index (χ0n) is 22.1. The largest absolute Gasteiger partial charge is 0.383 e. The Bertz CT molecular complexity index is 1480. The van der Waals surface area contributed by atoms with Crippen LogP contribution in [-0.2, 0) is 15.9 Å². The highest BCUT2D eigenvalue weighted by Crippen LogP contribution is 2.49. The number of aromatic nitrogens is 4. The van der Waals surface area contributed by atoms with Gasteiger partial charge < -0.3 is 25.1 Å². The Morgan fingerprint density at radius 2 is 1.87 bits per heavy atom. The van der Waals surface area contributed by atoms with Crippen LogP contribution in [0, 0.1) is 5.92 Å². The molecule has 4 aromatic rings. The van der Waals surface area contributed by atoms with E-state index >= 15 is 0 Å². The van der Waals surface area contributed by atoms with E-state index in [1.807, 2.05) is 19.9 Å². The third-order valence-electron chi connectivity index (χ3n) is 8.72. The average molecular weight is 513 g/mol. The first kappa shape index (κ1) is 23.9. The number of ether oxygens (including phenoxy) is 2. The number of nitrogen functional groups attached to an aromatic ring is 1. The Hall–Kier alpha value is -3.23. The van der Waals surface area contributed by atoms with Crippen LogP contribution in [0.4, 0.5) is 11.6 Å². The van der Waals surface area contributed by atoms with Crippen molar-refractivity contribution in [3.05, 3.63) is 54.5 Å². The molecule has 3 N–H and O–H groups in total. The van der Waals surface area contributed by atoms with E-state index < -0.39 is 5.79 Å². The van der Waals surface area contributed by atoms with E-state index in [2.05, 4.69) is 56.4 Å². The predicted octanol–water partition coefficient (Wildman–Crippen LogP) is 5.63. The number of anilines is 2. The van der Waals surface area contributed by atoms with Gasteiger partial charge in [0.25, 0.3) is 0 Å². The minimum atomic E-state index is -0.598. The Labute approximate surface area is 223 Å². The number of fused-ring (bicyclic) bond motifs is 3. The van der Waals surface area contributed by atoms with Gasteiger partial charge in [-0.25, -0.2) is 15.0 Å². The zero-order valence-corrected chi connectivity index (χ0v) is 22.1. The van der Waals surface area contributed by atoms with Gasteiger partial charge in [-0.3, -0.25) is 0 Å². The highest BCUT2D eigenvalue weighted by atomic mass is 16.8. The maximum Gasteiger partial charge on any atom is 0.163 e. The van der Waals surface area contributed by atoms with E-state index in [-0.39, 0.29) is 18.2 Å². The molecule has 4 atom stereocenters. The van der Waals surface area contributed by atoms with Crippen LogP contribution in [0.3, 0.4) is 0 Å². The van der Waals surface area contributed by atoms with Crippen molar-refractivity contribution in [1.29, 1.82) is 0 Å². The van der Waals surface area contributed by atoms with Crippen LogP contribution >= 0.6 is 0 Å². The number of hydrogen-bond donors (Lipinski definition) is 2. The number of aryl methyl sites for hydroxylation is 1. The number of rotatable bonds is 6. The van der Waals surface area contributed by atoms with Crippen molar-refractivity contribution in [1.82, 2.24) is 19.5 Å². The molecular weight excluding hydrogens is 476 g/mol. The van der Waals surface area contributed by atoms with Crippen molar-refractivity contribution in [2.45, 2.75) is 88.9 Å². The molecule has 1 saturated heterocycles. The van der Waals surface area contributed by atoms with E-state index in [9.17, 15) is 0 Å².